The Morgan fingerprint density at radius 3 is 2.24 bits per heavy atom. The molecule has 25 heavy (non-hydrogen) atoms. The molecule has 0 saturated heterocycles. The summed E-state index contributed by atoms with van der Waals surface area (Å²) in [6.45, 7) is 0. The van der Waals surface area contributed by atoms with Gasteiger partial charge >= 0.3 is 6.18 Å². The molecule has 1 saturated carbocycles. The Bertz CT molecular complexity index is 704. The lowest BCUT2D eigenvalue weighted by Gasteiger charge is -2.21. The van der Waals surface area contributed by atoms with E-state index in [4.69, 9.17) is 0 Å². The van der Waals surface area contributed by atoms with Crippen molar-refractivity contribution in [1.29, 1.82) is 0 Å². The van der Waals surface area contributed by atoms with E-state index in [1.54, 1.807) is 12.1 Å². The van der Waals surface area contributed by atoms with Crippen LogP contribution in [0.1, 0.15) is 48.3 Å². The molecule has 0 aliphatic heterocycles. The van der Waals surface area contributed by atoms with Gasteiger partial charge in [-0.15, -0.1) is 0 Å². The number of ketones is 1. The summed E-state index contributed by atoms with van der Waals surface area (Å²) in [5.74, 6) is 0.554. The van der Waals surface area contributed by atoms with Crippen LogP contribution in [0.4, 0.5) is 13.2 Å². The molecule has 0 unspecified atom stereocenters. The van der Waals surface area contributed by atoms with Crippen molar-refractivity contribution < 1.29 is 18.0 Å². The summed E-state index contributed by atoms with van der Waals surface area (Å²) >= 11 is 0. The van der Waals surface area contributed by atoms with Crippen LogP contribution in [0.3, 0.4) is 0 Å². The largest absolute Gasteiger partial charge is 0.416 e. The van der Waals surface area contributed by atoms with E-state index >= 15 is 0 Å². The van der Waals surface area contributed by atoms with Crippen LogP contribution < -0.4 is 0 Å². The van der Waals surface area contributed by atoms with Gasteiger partial charge in [0.2, 0.25) is 0 Å². The zero-order valence-corrected chi connectivity index (χ0v) is 13.9. The average molecular weight is 346 g/mol. The van der Waals surface area contributed by atoms with Gasteiger partial charge in [0, 0.05) is 12.3 Å². The number of alkyl halides is 3. The lowest BCUT2D eigenvalue weighted by Crippen LogP contribution is -2.14. The lowest BCUT2D eigenvalue weighted by atomic mass is 9.83. The molecule has 2 atom stereocenters. The zero-order valence-electron chi connectivity index (χ0n) is 13.9. The lowest BCUT2D eigenvalue weighted by molar-refractivity contribution is -0.137. The third-order valence-electron chi connectivity index (χ3n) is 5.03. The first-order valence-corrected chi connectivity index (χ1v) is 8.67. The van der Waals surface area contributed by atoms with Gasteiger partial charge in [-0.25, -0.2) is 0 Å². The minimum atomic E-state index is -4.31. The maximum absolute atomic E-state index is 12.7. The molecule has 132 valence electrons. The SMILES string of the molecule is O=C1CCC[C@@H]1C[C@@H](Cc1ccc(C(F)(F)F)cc1)c1ccccc1. The normalized spacial score (nSPS) is 19.2. The molecule has 0 heterocycles. The van der Waals surface area contributed by atoms with E-state index in [0.29, 0.717) is 18.6 Å². The first kappa shape index (κ1) is 17.7. The Hall–Kier alpha value is -2.10. The fourth-order valence-electron chi connectivity index (χ4n) is 3.66. The molecule has 2 aromatic rings. The number of hydrogen-bond donors (Lipinski definition) is 0. The van der Waals surface area contributed by atoms with Crippen LogP contribution >= 0.6 is 0 Å². The molecule has 1 aliphatic rings. The minimum Gasteiger partial charge on any atom is -0.299 e. The molecule has 1 aliphatic carbocycles. The van der Waals surface area contributed by atoms with Crippen molar-refractivity contribution >= 4 is 5.78 Å². The van der Waals surface area contributed by atoms with Gasteiger partial charge in [0.1, 0.15) is 5.78 Å². The van der Waals surface area contributed by atoms with Crippen molar-refractivity contribution in [1.82, 2.24) is 0 Å². The molecular weight excluding hydrogens is 325 g/mol. The molecule has 0 aromatic heterocycles. The number of hydrogen-bond acceptors (Lipinski definition) is 1. The number of Topliss-reactive ketones (excluding diaryl/α,β-unsaturated/α-hetero) is 1. The van der Waals surface area contributed by atoms with Crippen LogP contribution in [0.5, 0.6) is 0 Å². The second kappa shape index (κ2) is 7.42. The van der Waals surface area contributed by atoms with E-state index < -0.39 is 11.7 Å². The van der Waals surface area contributed by atoms with E-state index in [9.17, 15) is 18.0 Å². The van der Waals surface area contributed by atoms with Crippen LogP contribution in [0, 0.1) is 5.92 Å². The van der Waals surface area contributed by atoms with E-state index in [-0.39, 0.29) is 11.8 Å². The van der Waals surface area contributed by atoms with Crippen LogP contribution in [-0.4, -0.2) is 5.78 Å². The highest BCUT2D eigenvalue weighted by Crippen LogP contribution is 2.35. The Kier molecular flexibility index (Phi) is 5.26. The van der Waals surface area contributed by atoms with E-state index in [1.165, 1.54) is 0 Å². The Labute approximate surface area is 145 Å². The molecule has 1 fully saturated rings. The molecule has 4 heteroatoms. The van der Waals surface area contributed by atoms with E-state index in [2.05, 4.69) is 0 Å². The molecule has 0 bridgehead atoms. The predicted octanol–water partition coefficient (Wildman–Crippen LogP) is 5.79. The van der Waals surface area contributed by atoms with Crippen molar-refractivity contribution in [2.45, 2.75) is 44.2 Å². The highest BCUT2D eigenvalue weighted by atomic mass is 19.4. The molecule has 0 amide bonds. The van der Waals surface area contributed by atoms with Crippen molar-refractivity contribution in [3.63, 3.8) is 0 Å². The molecule has 0 radical (unpaired) electrons. The maximum atomic E-state index is 12.7. The quantitative estimate of drug-likeness (QED) is 0.669. The second-order valence-electron chi connectivity index (χ2n) is 6.80. The molecule has 0 N–H and O–H groups in total. The Balaban J connectivity index is 1.78. The Morgan fingerprint density at radius 2 is 1.68 bits per heavy atom. The first-order chi connectivity index (χ1) is 11.9. The van der Waals surface area contributed by atoms with Crippen molar-refractivity contribution in [2.75, 3.05) is 0 Å². The standard InChI is InChI=1S/C21H21F3O/c22-21(23,24)19-11-9-15(10-12-19)13-18(16-5-2-1-3-6-16)14-17-7-4-8-20(17)25/h1-3,5-6,9-12,17-18H,4,7-8,13-14H2/t17-,18-/m1/s1. The number of benzene rings is 2. The van der Waals surface area contributed by atoms with E-state index in [1.807, 2.05) is 30.3 Å². The molecular formula is C21H21F3O. The van der Waals surface area contributed by atoms with Gasteiger partial charge < -0.3 is 0 Å². The molecule has 2 aromatic carbocycles. The topological polar surface area (TPSA) is 17.1 Å². The fraction of sp³-hybridized carbons (Fsp3) is 0.381. The summed E-state index contributed by atoms with van der Waals surface area (Å²) in [6.07, 6.45) is -0.365. The highest BCUT2D eigenvalue weighted by molar-refractivity contribution is 5.82. The van der Waals surface area contributed by atoms with Gasteiger partial charge in [0.05, 0.1) is 5.56 Å². The monoisotopic (exact) mass is 346 g/mol. The Morgan fingerprint density at radius 1 is 1.00 bits per heavy atom. The molecule has 3 rings (SSSR count). The summed E-state index contributed by atoms with van der Waals surface area (Å²) in [4.78, 5) is 12.0. The summed E-state index contributed by atoms with van der Waals surface area (Å²) in [6, 6.07) is 15.3. The van der Waals surface area contributed by atoms with Crippen LogP contribution in [0.15, 0.2) is 54.6 Å². The summed E-state index contributed by atoms with van der Waals surface area (Å²) in [5.41, 5.74) is 1.38. The van der Waals surface area contributed by atoms with Crippen molar-refractivity contribution in [2.24, 2.45) is 5.92 Å². The fourth-order valence-corrected chi connectivity index (χ4v) is 3.66. The molecule has 0 spiro atoms. The van der Waals surface area contributed by atoms with Gasteiger partial charge in [-0.2, -0.15) is 13.2 Å². The number of carbonyl (C=O) groups is 1. The predicted molar refractivity (Wildman–Crippen MR) is 91.3 cm³/mol. The van der Waals surface area contributed by atoms with Crippen molar-refractivity contribution in [3.05, 3.63) is 71.3 Å². The highest BCUT2D eigenvalue weighted by Gasteiger charge is 2.31. The van der Waals surface area contributed by atoms with Crippen LogP contribution in [0.2, 0.25) is 0 Å². The van der Waals surface area contributed by atoms with Gasteiger partial charge in [-0.05, 0) is 54.9 Å². The van der Waals surface area contributed by atoms with E-state index in [0.717, 1.165) is 42.5 Å². The van der Waals surface area contributed by atoms with Gasteiger partial charge in [0.25, 0.3) is 0 Å². The minimum absolute atomic E-state index is 0.0830. The zero-order chi connectivity index (χ0) is 17.9. The summed E-state index contributed by atoms with van der Waals surface area (Å²) < 4.78 is 38.2. The van der Waals surface area contributed by atoms with Gasteiger partial charge in [-0.3, -0.25) is 4.79 Å². The number of rotatable bonds is 5. The first-order valence-electron chi connectivity index (χ1n) is 8.67. The van der Waals surface area contributed by atoms with Crippen molar-refractivity contribution in [3.8, 4) is 0 Å². The number of halogens is 3. The maximum Gasteiger partial charge on any atom is 0.416 e. The summed E-state index contributed by atoms with van der Waals surface area (Å²) in [5, 5.41) is 0. The van der Waals surface area contributed by atoms with Crippen LogP contribution in [-0.2, 0) is 17.4 Å². The van der Waals surface area contributed by atoms with Gasteiger partial charge in [-0.1, -0.05) is 42.5 Å². The second-order valence-corrected chi connectivity index (χ2v) is 6.80. The molecule has 1 nitrogen and oxygen atoms in total. The third kappa shape index (κ3) is 4.50. The summed E-state index contributed by atoms with van der Waals surface area (Å²) in [7, 11) is 0. The number of carbonyl (C=O) groups excluding carboxylic acids is 1. The smallest absolute Gasteiger partial charge is 0.299 e. The van der Waals surface area contributed by atoms with Gasteiger partial charge in [0.15, 0.2) is 0 Å². The average Bonchev–Trinajstić information content (AvgIpc) is 3.00. The third-order valence-corrected chi connectivity index (χ3v) is 5.03. The van der Waals surface area contributed by atoms with Crippen LogP contribution in [0.25, 0.3) is 0 Å².